The summed E-state index contributed by atoms with van der Waals surface area (Å²) in [6.45, 7) is 12.8. The quantitative estimate of drug-likeness (QED) is 0.741. The van der Waals surface area contributed by atoms with Crippen LogP contribution in [0.2, 0.25) is 0 Å². The second-order valence-electron chi connectivity index (χ2n) is 7.54. The van der Waals surface area contributed by atoms with Gasteiger partial charge < -0.3 is 15.9 Å². The predicted octanol–water partition coefficient (Wildman–Crippen LogP) is 3.58. The Kier molecular flexibility index (Phi) is 4.75. The molecule has 114 valence electrons. The van der Waals surface area contributed by atoms with E-state index in [0.29, 0.717) is 18.7 Å². The second kappa shape index (κ2) is 5.65. The molecule has 0 radical (unpaired) electrons. The highest BCUT2D eigenvalue weighted by molar-refractivity contribution is 5.57. The number of aromatic hydroxyl groups is 2. The first-order valence-electron chi connectivity index (χ1n) is 7.29. The molecular weight excluding hydrogens is 250 g/mol. The van der Waals surface area contributed by atoms with Crippen LogP contribution in [0.5, 0.6) is 11.5 Å². The highest BCUT2D eigenvalue weighted by Crippen LogP contribution is 2.44. The highest BCUT2D eigenvalue weighted by Gasteiger charge is 2.30. The van der Waals surface area contributed by atoms with Gasteiger partial charge in [-0.3, -0.25) is 0 Å². The summed E-state index contributed by atoms with van der Waals surface area (Å²) in [4.78, 5) is 0. The second-order valence-corrected chi connectivity index (χ2v) is 7.54. The zero-order valence-corrected chi connectivity index (χ0v) is 13.7. The van der Waals surface area contributed by atoms with Gasteiger partial charge in [0.2, 0.25) is 0 Å². The maximum Gasteiger partial charge on any atom is 0.123 e. The smallest absolute Gasteiger partial charge is 0.123 e. The number of rotatable bonds is 3. The van der Waals surface area contributed by atoms with Crippen LogP contribution < -0.4 is 5.73 Å². The molecule has 1 aromatic rings. The molecule has 4 N–H and O–H groups in total. The standard InChI is InChI=1S/C17H29NO2/c1-16(2,3)12-10-13(19)11(8-7-9-18)14(15(12)20)17(4,5)6/h10,19-20H,7-9,18H2,1-6H3. The summed E-state index contributed by atoms with van der Waals surface area (Å²) in [5.74, 6) is 0.584. The van der Waals surface area contributed by atoms with Gasteiger partial charge in [0.15, 0.2) is 0 Å². The molecule has 0 aromatic heterocycles. The fraction of sp³-hybridized carbons (Fsp3) is 0.647. The average molecular weight is 279 g/mol. The van der Waals surface area contributed by atoms with E-state index in [4.69, 9.17) is 5.73 Å². The van der Waals surface area contributed by atoms with Gasteiger partial charge in [-0.25, -0.2) is 0 Å². The average Bonchev–Trinajstić information content (AvgIpc) is 2.26. The molecule has 0 unspecified atom stereocenters. The molecule has 3 nitrogen and oxygen atoms in total. The summed E-state index contributed by atoms with van der Waals surface area (Å²) >= 11 is 0. The minimum Gasteiger partial charge on any atom is -0.508 e. The molecule has 0 aliphatic rings. The van der Waals surface area contributed by atoms with Crippen molar-refractivity contribution in [3.05, 3.63) is 22.8 Å². The van der Waals surface area contributed by atoms with Crippen LogP contribution in [0.25, 0.3) is 0 Å². The third kappa shape index (κ3) is 3.45. The van der Waals surface area contributed by atoms with Crippen molar-refractivity contribution < 1.29 is 10.2 Å². The SMILES string of the molecule is CC(C)(C)c1cc(O)c(CCCN)c(C(C)(C)C)c1O. The Morgan fingerprint density at radius 1 is 1.00 bits per heavy atom. The fourth-order valence-corrected chi connectivity index (χ4v) is 2.61. The fourth-order valence-electron chi connectivity index (χ4n) is 2.61. The van der Waals surface area contributed by atoms with Gasteiger partial charge in [-0.15, -0.1) is 0 Å². The molecule has 1 rings (SSSR count). The lowest BCUT2D eigenvalue weighted by Crippen LogP contribution is -2.19. The van der Waals surface area contributed by atoms with Gasteiger partial charge in [-0.05, 0) is 36.3 Å². The van der Waals surface area contributed by atoms with Crippen molar-refractivity contribution in [2.45, 2.75) is 65.2 Å². The first-order valence-corrected chi connectivity index (χ1v) is 7.29. The number of phenolic OH excluding ortho intramolecular Hbond substituents is 2. The van der Waals surface area contributed by atoms with Gasteiger partial charge in [0.1, 0.15) is 11.5 Å². The minimum atomic E-state index is -0.229. The summed E-state index contributed by atoms with van der Waals surface area (Å²) in [5, 5.41) is 21.1. The summed E-state index contributed by atoms with van der Waals surface area (Å²) in [5.41, 5.74) is 7.59. The molecule has 0 heterocycles. The van der Waals surface area contributed by atoms with Gasteiger partial charge in [0.05, 0.1) is 0 Å². The van der Waals surface area contributed by atoms with Gasteiger partial charge in [-0.1, -0.05) is 41.5 Å². The molecule has 0 bridgehead atoms. The van der Waals surface area contributed by atoms with Crippen molar-refractivity contribution in [3.8, 4) is 11.5 Å². The van der Waals surface area contributed by atoms with Crippen molar-refractivity contribution >= 4 is 0 Å². The van der Waals surface area contributed by atoms with Crippen LogP contribution in [0.1, 0.15) is 64.7 Å². The summed E-state index contributed by atoms with van der Waals surface area (Å²) in [6.07, 6.45) is 1.48. The number of benzene rings is 1. The molecule has 1 aromatic carbocycles. The molecule has 0 saturated heterocycles. The first-order chi connectivity index (χ1) is 9.00. The highest BCUT2D eigenvalue weighted by atomic mass is 16.3. The molecule has 3 heteroatoms. The summed E-state index contributed by atoms with van der Waals surface area (Å²) in [6, 6.07) is 1.70. The van der Waals surface area contributed by atoms with E-state index in [2.05, 4.69) is 20.8 Å². The Morgan fingerprint density at radius 2 is 1.55 bits per heavy atom. The van der Waals surface area contributed by atoms with Crippen LogP contribution in [0, 0.1) is 0 Å². The van der Waals surface area contributed by atoms with Crippen molar-refractivity contribution in [3.63, 3.8) is 0 Å². The molecule has 0 amide bonds. The van der Waals surface area contributed by atoms with E-state index < -0.39 is 0 Å². The Morgan fingerprint density at radius 3 is 1.95 bits per heavy atom. The van der Waals surface area contributed by atoms with Crippen LogP contribution in [0.4, 0.5) is 0 Å². The van der Waals surface area contributed by atoms with Crippen LogP contribution in [0.3, 0.4) is 0 Å². The maximum atomic E-state index is 10.7. The summed E-state index contributed by atoms with van der Waals surface area (Å²) in [7, 11) is 0. The molecular formula is C17H29NO2. The van der Waals surface area contributed by atoms with E-state index in [1.807, 2.05) is 20.8 Å². The minimum absolute atomic E-state index is 0.214. The molecule has 0 atom stereocenters. The normalized spacial score (nSPS) is 12.8. The van der Waals surface area contributed by atoms with E-state index in [9.17, 15) is 10.2 Å². The monoisotopic (exact) mass is 279 g/mol. The van der Waals surface area contributed by atoms with Crippen LogP contribution >= 0.6 is 0 Å². The third-order valence-electron chi connectivity index (χ3n) is 3.57. The molecule has 0 spiro atoms. The Hall–Kier alpha value is -1.22. The molecule has 0 fully saturated rings. The predicted molar refractivity (Wildman–Crippen MR) is 84.5 cm³/mol. The topological polar surface area (TPSA) is 66.5 Å². The Balaban J connectivity index is 3.59. The van der Waals surface area contributed by atoms with E-state index in [1.165, 1.54) is 0 Å². The number of hydrogen-bond acceptors (Lipinski definition) is 3. The van der Waals surface area contributed by atoms with Gasteiger partial charge >= 0.3 is 0 Å². The van der Waals surface area contributed by atoms with Crippen molar-refractivity contribution in [1.29, 1.82) is 0 Å². The van der Waals surface area contributed by atoms with Gasteiger partial charge in [-0.2, -0.15) is 0 Å². The first kappa shape index (κ1) is 16.8. The molecule has 0 aliphatic carbocycles. The largest absolute Gasteiger partial charge is 0.508 e. The molecule has 0 aliphatic heterocycles. The van der Waals surface area contributed by atoms with Crippen LogP contribution in [-0.2, 0) is 17.3 Å². The van der Waals surface area contributed by atoms with Crippen molar-refractivity contribution in [1.82, 2.24) is 0 Å². The molecule has 0 saturated carbocycles. The van der Waals surface area contributed by atoms with Crippen LogP contribution in [-0.4, -0.2) is 16.8 Å². The molecule has 20 heavy (non-hydrogen) atoms. The van der Waals surface area contributed by atoms with Gasteiger partial charge in [0, 0.05) is 16.7 Å². The lowest BCUT2D eigenvalue weighted by molar-refractivity contribution is 0.407. The van der Waals surface area contributed by atoms with E-state index in [1.54, 1.807) is 6.07 Å². The number of hydrogen-bond donors (Lipinski definition) is 3. The third-order valence-corrected chi connectivity index (χ3v) is 3.57. The zero-order chi connectivity index (χ0) is 15.7. The van der Waals surface area contributed by atoms with Crippen molar-refractivity contribution in [2.24, 2.45) is 5.73 Å². The van der Waals surface area contributed by atoms with E-state index in [0.717, 1.165) is 23.1 Å². The number of phenols is 2. The Labute approximate surface area is 122 Å². The lowest BCUT2D eigenvalue weighted by Gasteiger charge is -2.30. The summed E-state index contributed by atoms with van der Waals surface area (Å²) < 4.78 is 0. The maximum absolute atomic E-state index is 10.7. The van der Waals surface area contributed by atoms with Gasteiger partial charge in [0.25, 0.3) is 0 Å². The zero-order valence-electron chi connectivity index (χ0n) is 13.7. The van der Waals surface area contributed by atoms with E-state index in [-0.39, 0.29) is 16.6 Å². The lowest BCUT2D eigenvalue weighted by atomic mass is 9.76. The van der Waals surface area contributed by atoms with E-state index >= 15 is 0 Å². The van der Waals surface area contributed by atoms with Crippen LogP contribution in [0.15, 0.2) is 6.07 Å². The van der Waals surface area contributed by atoms with Crippen molar-refractivity contribution in [2.75, 3.05) is 6.54 Å². The Bertz CT molecular complexity index is 479. The number of nitrogens with two attached hydrogens (primary N) is 1.